The van der Waals surface area contributed by atoms with Crippen molar-refractivity contribution in [1.82, 2.24) is 0 Å². The minimum atomic E-state index is -3.73. The van der Waals surface area contributed by atoms with E-state index in [-0.39, 0.29) is 16.1 Å². The number of anilines is 1. The molecule has 5 nitrogen and oxygen atoms in total. The molecule has 24 heavy (non-hydrogen) atoms. The van der Waals surface area contributed by atoms with Gasteiger partial charge in [-0.1, -0.05) is 23.7 Å². The van der Waals surface area contributed by atoms with Crippen molar-refractivity contribution in [2.45, 2.75) is 22.8 Å². The van der Waals surface area contributed by atoms with Crippen LogP contribution < -0.4 is 10.5 Å². The summed E-state index contributed by atoms with van der Waals surface area (Å²) in [7, 11) is -3.73. The van der Waals surface area contributed by atoms with Crippen LogP contribution >= 0.6 is 23.4 Å². The number of carbonyl (C=O) groups excluding carboxylic acids is 1. The van der Waals surface area contributed by atoms with Gasteiger partial charge in [0, 0.05) is 16.5 Å². The van der Waals surface area contributed by atoms with Crippen molar-refractivity contribution in [3.05, 3.63) is 59.1 Å². The Bertz CT molecular complexity index is 806. The third-order valence-corrected chi connectivity index (χ3v) is 5.63. The lowest BCUT2D eigenvalue weighted by Crippen LogP contribution is -2.22. The van der Waals surface area contributed by atoms with Gasteiger partial charge in [0.15, 0.2) is 0 Å². The quantitative estimate of drug-likeness (QED) is 0.799. The maximum absolute atomic E-state index is 12.2. The Hall–Kier alpha value is -1.54. The van der Waals surface area contributed by atoms with Crippen molar-refractivity contribution in [2.24, 2.45) is 5.14 Å². The molecule has 0 fully saturated rings. The first kappa shape index (κ1) is 18.8. The van der Waals surface area contributed by atoms with E-state index in [1.54, 1.807) is 0 Å². The molecular weight excluding hydrogens is 368 g/mol. The van der Waals surface area contributed by atoms with Crippen LogP contribution in [0.4, 0.5) is 5.69 Å². The van der Waals surface area contributed by atoms with E-state index in [4.69, 9.17) is 16.7 Å². The molecule has 0 bridgehead atoms. The summed E-state index contributed by atoms with van der Waals surface area (Å²) in [6.45, 7) is 1.81. The van der Waals surface area contributed by atoms with Gasteiger partial charge in [-0.2, -0.15) is 0 Å². The van der Waals surface area contributed by atoms with Crippen LogP contribution in [0.2, 0.25) is 5.02 Å². The highest BCUT2D eigenvalue weighted by Crippen LogP contribution is 2.21. The van der Waals surface area contributed by atoms with Crippen LogP contribution in [-0.4, -0.2) is 19.6 Å². The van der Waals surface area contributed by atoms with Gasteiger partial charge in [0.2, 0.25) is 15.9 Å². The Morgan fingerprint density at radius 2 is 1.75 bits per heavy atom. The number of primary sulfonamides is 1. The SMILES string of the molecule is C[C@H](SCc1ccc(Cl)cc1)C(=O)Nc1ccc(S(N)(=O)=O)cc1. The zero-order valence-electron chi connectivity index (χ0n) is 12.9. The van der Waals surface area contributed by atoms with Crippen molar-refractivity contribution >= 4 is 45.0 Å². The molecule has 0 saturated heterocycles. The van der Waals surface area contributed by atoms with Crippen LogP contribution in [0.1, 0.15) is 12.5 Å². The molecular formula is C16H17ClN2O3S2. The number of hydrogen-bond acceptors (Lipinski definition) is 4. The number of benzene rings is 2. The van der Waals surface area contributed by atoms with Crippen molar-refractivity contribution < 1.29 is 13.2 Å². The first-order valence-corrected chi connectivity index (χ1v) is 10.0. The van der Waals surface area contributed by atoms with Gasteiger partial charge in [-0.15, -0.1) is 11.8 Å². The highest BCUT2D eigenvalue weighted by atomic mass is 35.5. The lowest BCUT2D eigenvalue weighted by Gasteiger charge is -2.12. The van der Waals surface area contributed by atoms with Gasteiger partial charge in [-0.25, -0.2) is 13.6 Å². The summed E-state index contributed by atoms with van der Waals surface area (Å²) in [5.41, 5.74) is 1.60. The van der Waals surface area contributed by atoms with Crippen LogP contribution in [0, 0.1) is 0 Å². The molecule has 128 valence electrons. The molecule has 2 aromatic carbocycles. The van der Waals surface area contributed by atoms with E-state index in [1.165, 1.54) is 36.0 Å². The monoisotopic (exact) mass is 384 g/mol. The van der Waals surface area contributed by atoms with Crippen LogP contribution in [0.5, 0.6) is 0 Å². The van der Waals surface area contributed by atoms with Gasteiger partial charge in [0.05, 0.1) is 10.1 Å². The Morgan fingerprint density at radius 1 is 1.17 bits per heavy atom. The fourth-order valence-corrected chi connectivity index (χ4v) is 3.34. The van der Waals surface area contributed by atoms with Gasteiger partial charge in [-0.3, -0.25) is 4.79 Å². The Kier molecular flexibility index (Phi) is 6.28. The van der Waals surface area contributed by atoms with Gasteiger partial charge in [-0.05, 0) is 48.9 Å². The smallest absolute Gasteiger partial charge is 0.238 e. The summed E-state index contributed by atoms with van der Waals surface area (Å²) in [6.07, 6.45) is 0. The second kappa shape index (κ2) is 8.02. The molecule has 0 aliphatic heterocycles. The van der Waals surface area contributed by atoms with Crippen molar-refractivity contribution in [2.75, 3.05) is 5.32 Å². The lowest BCUT2D eigenvalue weighted by atomic mass is 10.2. The maximum atomic E-state index is 12.2. The average molecular weight is 385 g/mol. The van der Waals surface area contributed by atoms with Crippen LogP contribution in [-0.2, 0) is 20.6 Å². The summed E-state index contributed by atoms with van der Waals surface area (Å²) < 4.78 is 22.4. The summed E-state index contributed by atoms with van der Waals surface area (Å²) in [5.74, 6) is 0.535. The molecule has 0 heterocycles. The van der Waals surface area contributed by atoms with E-state index in [1.807, 2.05) is 31.2 Å². The zero-order chi connectivity index (χ0) is 17.7. The summed E-state index contributed by atoms with van der Waals surface area (Å²) >= 11 is 7.34. The predicted octanol–water partition coefficient (Wildman–Crippen LogP) is 3.25. The van der Waals surface area contributed by atoms with Crippen LogP contribution in [0.25, 0.3) is 0 Å². The molecule has 0 aliphatic carbocycles. The lowest BCUT2D eigenvalue weighted by molar-refractivity contribution is -0.115. The molecule has 1 atom stereocenters. The third kappa shape index (κ3) is 5.52. The number of hydrogen-bond donors (Lipinski definition) is 2. The van der Waals surface area contributed by atoms with Crippen molar-refractivity contribution in [3.63, 3.8) is 0 Å². The summed E-state index contributed by atoms with van der Waals surface area (Å²) in [4.78, 5) is 12.2. The Morgan fingerprint density at radius 3 is 2.29 bits per heavy atom. The van der Waals surface area contributed by atoms with E-state index in [2.05, 4.69) is 5.32 Å². The molecule has 0 aliphatic rings. The molecule has 0 radical (unpaired) electrons. The van der Waals surface area contributed by atoms with E-state index in [0.717, 1.165) is 5.56 Å². The standard InChI is InChI=1S/C16H17ClN2O3S2/c1-11(23-10-12-2-4-13(17)5-3-12)16(20)19-14-6-8-15(9-7-14)24(18,21)22/h2-9,11H,10H2,1H3,(H,19,20)(H2,18,21,22)/t11-/m0/s1. The fraction of sp³-hybridized carbons (Fsp3) is 0.188. The number of nitrogens with two attached hydrogens (primary N) is 1. The van der Waals surface area contributed by atoms with Crippen molar-refractivity contribution in [3.8, 4) is 0 Å². The molecule has 0 aromatic heterocycles. The van der Waals surface area contributed by atoms with Gasteiger partial charge >= 0.3 is 0 Å². The van der Waals surface area contributed by atoms with E-state index < -0.39 is 10.0 Å². The molecule has 2 rings (SSSR count). The Balaban J connectivity index is 1.90. The Labute approximate surface area is 150 Å². The fourth-order valence-electron chi connectivity index (χ4n) is 1.85. The second-order valence-corrected chi connectivity index (χ2v) is 8.47. The maximum Gasteiger partial charge on any atom is 0.238 e. The number of thioether (sulfide) groups is 1. The van der Waals surface area contributed by atoms with Crippen LogP contribution in [0.3, 0.4) is 0 Å². The summed E-state index contributed by atoms with van der Waals surface area (Å²) in [6, 6.07) is 13.2. The van der Waals surface area contributed by atoms with Gasteiger partial charge in [0.1, 0.15) is 0 Å². The average Bonchev–Trinajstić information content (AvgIpc) is 2.53. The zero-order valence-corrected chi connectivity index (χ0v) is 15.3. The van der Waals surface area contributed by atoms with Gasteiger partial charge < -0.3 is 5.32 Å². The van der Waals surface area contributed by atoms with E-state index >= 15 is 0 Å². The molecule has 8 heteroatoms. The highest BCUT2D eigenvalue weighted by Gasteiger charge is 2.14. The number of sulfonamides is 1. The third-order valence-electron chi connectivity index (χ3n) is 3.23. The number of nitrogens with one attached hydrogen (secondary N) is 1. The molecule has 0 spiro atoms. The number of rotatable bonds is 6. The second-order valence-electron chi connectivity index (χ2n) is 5.14. The van der Waals surface area contributed by atoms with Crippen LogP contribution in [0.15, 0.2) is 53.4 Å². The molecule has 2 aromatic rings. The number of halogens is 1. The predicted molar refractivity (Wildman–Crippen MR) is 98.7 cm³/mol. The number of amides is 1. The minimum Gasteiger partial charge on any atom is -0.325 e. The largest absolute Gasteiger partial charge is 0.325 e. The highest BCUT2D eigenvalue weighted by molar-refractivity contribution is 7.99. The molecule has 3 N–H and O–H groups in total. The molecule has 0 saturated carbocycles. The molecule has 1 amide bonds. The summed E-state index contributed by atoms with van der Waals surface area (Å²) in [5, 5.41) is 8.20. The van der Waals surface area contributed by atoms with Crippen molar-refractivity contribution in [1.29, 1.82) is 0 Å². The normalized spacial score (nSPS) is 12.6. The van der Waals surface area contributed by atoms with E-state index in [0.29, 0.717) is 16.5 Å². The molecule has 0 unspecified atom stereocenters. The number of carbonyl (C=O) groups is 1. The van der Waals surface area contributed by atoms with E-state index in [9.17, 15) is 13.2 Å². The minimum absolute atomic E-state index is 0.00524. The topological polar surface area (TPSA) is 89.3 Å². The first-order valence-electron chi connectivity index (χ1n) is 7.05. The van der Waals surface area contributed by atoms with Gasteiger partial charge in [0.25, 0.3) is 0 Å². The first-order chi connectivity index (χ1) is 11.3.